The highest BCUT2D eigenvalue weighted by Crippen LogP contribution is 2.28. The summed E-state index contributed by atoms with van der Waals surface area (Å²) in [6.45, 7) is 2.08. The maximum Gasteiger partial charge on any atom is 0.324 e. The van der Waals surface area contributed by atoms with Gasteiger partial charge in [-0.25, -0.2) is 12.8 Å². The number of benzene rings is 1. The van der Waals surface area contributed by atoms with E-state index in [1.807, 2.05) is 0 Å². The number of esters is 1. The molecule has 1 heterocycles. The third kappa shape index (κ3) is 3.42. The molecule has 22 heavy (non-hydrogen) atoms. The second-order valence-electron chi connectivity index (χ2n) is 4.96. The molecule has 0 bridgehead atoms. The predicted molar refractivity (Wildman–Crippen MR) is 79.6 cm³/mol. The van der Waals surface area contributed by atoms with Gasteiger partial charge in [-0.3, -0.25) is 4.79 Å². The van der Waals surface area contributed by atoms with Gasteiger partial charge in [0.2, 0.25) is 10.0 Å². The lowest BCUT2D eigenvalue weighted by atomic mass is 10.1. The summed E-state index contributed by atoms with van der Waals surface area (Å²) in [6.07, 6.45) is 1.82. The quantitative estimate of drug-likeness (QED) is 0.784. The number of nitrogens with zero attached hydrogens (tertiary/aromatic N) is 1. The molecule has 1 unspecified atom stereocenters. The lowest BCUT2D eigenvalue weighted by Crippen LogP contribution is -2.48. The average Bonchev–Trinajstić information content (AvgIpc) is 2.50. The first-order valence-electron chi connectivity index (χ1n) is 7.01. The third-order valence-electron chi connectivity index (χ3n) is 3.51. The van der Waals surface area contributed by atoms with Crippen LogP contribution in [0.3, 0.4) is 0 Å². The molecule has 0 aromatic heterocycles. The summed E-state index contributed by atoms with van der Waals surface area (Å²) in [7, 11) is -3.93. The number of piperidine rings is 1. The predicted octanol–water partition coefficient (Wildman–Crippen LogP) is 2.59. The van der Waals surface area contributed by atoms with Crippen LogP contribution in [-0.4, -0.2) is 37.9 Å². The zero-order valence-corrected chi connectivity index (χ0v) is 13.7. The van der Waals surface area contributed by atoms with Crippen molar-refractivity contribution in [3.8, 4) is 0 Å². The van der Waals surface area contributed by atoms with E-state index in [-0.39, 0.29) is 23.1 Å². The fraction of sp³-hybridized carbons (Fsp3) is 0.500. The van der Waals surface area contributed by atoms with E-state index in [9.17, 15) is 17.6 Å². The van der Waals surface area contributed by atoms with Gasteiger partial charge >= 0.3 is 5.97 Å². The normalized spacial score (nSPS) is 19.9. The molecule has 1 aromatic carbocycles. The number of sulfonamides is 1. The first kappa shape index (κ1) is 17.2. The molecular weight excluding hydrogens is 333 g/mol. The zero-order chi connectivity index (χ0) is 16.3. The Labute approximate surface area is 134 Å². The molecule has 1 aliphatic rings. The van der Waals surface area contributed by atoms with Gasteiger partial charge in [-0.15, -0.1) is 0 Å². The summed E-state index contributed by atoms with van der Waals surface area (Å²) in [5, 5.41) is -0.272. The van der Waals surface area contributed by atoms with Crippen molar-refractivity contribution in [2.24, 2.45) is 0 Å². The van der Waals surface area contributed by atoms with E-state index in [4.69, 9.17) is 16.3 Å². The van der Waals surface area contributed by atoms with Crippen LogP contribution in [0, 0.1) is 5.82 Å². The van der Waals surface area contributed by atoms with Crippen LogP contribution in [0.4, 0.5) is 4.39 Å². The SMILES string of the molecule is CCOC(=O)C1CCCCN1S(=O)(=O)c1ccc(F)c(Cl)c1. The molecule has 0 amide bonds. The second kappa shape index (κ2) is 6.93. The van der Waals surface area contributed by atoms with Crippen LogP contribution in [0.25, 0.3) is 0 Å². The van der Waals surface area contributed by atoms with Crippen LogP contribution < -0.4 is 0 Å². The number of rotatable bonds is 4. The largest absolute Gasteiger partial charge is 0.465 e. The Kier molecular flexibility index (Phi) is 5.41. The van der Waals surface area contributed by atoms with Crippen molar-refractivity contribution in [1.82, 2.24) is 4.31 Å². The Bertz CT molecular complexity index is 665. The van der Waals surface area contributed by atoms with Crippen LogP contribution in [0.2, 0.25) is 5.02 Å². The van der Waals surface area contributed by atoms with Gasteiger partial charge in [0, 0.05) is 6.54 Å². The van der Waals surface area contributed by atoms with Crippen LogP contribution in [0.1, 0.15) is 26.2 Å². The molecule has 8 heteroatoms. The standard InChI is InChI=1S/C14H17ClFNO4S/c1-2-21-14(18)13-5-3-4-8-17(13)22(19,20)10-6-7-12(16)11(15)9-10/h6-7,9,13H,2-5,8H2,1H3. The van der Waals surface area contributed by atoms with Crippen LogP contribution in [-0.2, 0) is 19.6 Å². The Hall–Kier alpha value is -1.18. The lowest BCUT2D eigenvalue weighted by Gasteiger charge is -2.32. The van der Waals surface area contributed by atoms with Gasteiger partial charge in [0.1, 0.15) is 11.9 Å². The first-order chi connectivity index (χ1) is 10.4. The van der Waals surface area contributed by atoms with E-state index in [0.717, 1.165) is 28.9 Å². The average molecular weight is 350 g/mol. The van der Waals surface area contributed by atoms with Gasteiger partial charge in [0.05, 0.1) is 16.5 Å². The lowest BCUT2D eigenvalue weighted by molar-refractivity contribution is -0.148. The fourth-order valence-corrected chi connectivity index (χ4v) is 4.36. The topological polar surface area (TPSA) is 63.7 Å². The summed E-state index contributed by atoms with van der Waals surface area (Å²) in [5.41, 5.74) is 0. The van der Waals surface area contributed by atoms with E-state index in [2.05, 4.69) is 0 Å². The monoisotopic (exact) mass is 349 g/mol. The molecular formula is C14H17ClFNO4S. The van der Waals surface area contributed by atoms with Crippen molar-refractivity contribution < 1.29 is 22.3 Å². The van der Waals surface area contributed by atoms with Gasteiger partial charge in [0.15, 0.2) is 0 Å². The maximum absolute atomic E-state index is 13.2. The number of ether oxygens (including phenoxy) is 1. The third-order valence-corrected chi connectivity index (χ3v) is 5.70. The molecule has 1 saturated heterocycles. The molecule has 2 rings (SSSR count). The van der Waals surface area contributed by atoms with Crippen molar-refractivity contribution in [2.75, 3.05) is 13.2 Å². The van der Waals surface area contributed by atoms with Gasteiger partial charge in [-0.2, -0.15) is 4.31 Å². The molecule has 1 atom stereocenters. The summed E-state index contributed by atoms with van der Waals surface area (Å²) in [5.74, 6) is -1.25. The molecule has 0 aliphatic carbocycles. The van der Waals surface area contributed by atoms with Gasteiger partial charge in [-0.05, 0) is 44.4 Å². The Morgan fingerprint density at radius 2 is 2.18 bits per heavy atom. The smallest absolute Gasteiger partial charge is 0.324 e. The molecule has 0 saturated carbocycles. The number of hydrogen-bond acceptors (Lipinski definition) is 4. The van der Waals surface area contributed by atoms with E-state index in [0.29, 0.717) is 12.8 Å². The second-order valence-corrected chi connectivity index (χ2v) is 7.25. The van der Waals surface area contributed by atoms with Crippen LogP contribution in [0.5, 0.6) is 0 Å². The van der Waals surface area contributed by atoms with Crippen LogP contribution >= 0.6 is 11.6 Å². The van der Waals surface area contributed by atoms with Crippen molar-refractivity contribution in [3.63, 3.8) is 0 Å². The minimum atomic E-state index is -3.93. The van der Waals surface area contributed by atoms with Crippen LogP contribution in [0.15, 0.2) is 23.1 Å². The molecule has 122 valence electrons. The van der Waals surface area contributed by atoms with Gasteiger partial charge < -0.3 is 4.74 Å². The van der Waals surface area contributed by atoms with E-state index in [1.54, 1.807) is 6.92 Å². The number of halogens is 2. The highest BCUT2D eigenvalue weighted by molar-refractivity contribution is 7.89. The number of carbonyl (C=O) groups excluding carboxylic acids is 1. The van der Waals surface area contributed by atoms with Gasteiger partial charge in [-0.1, -0.05) is 11.6 Å². The number of carbonyl (C=O) groups is 1. The molecule has 0 spiro atoms. The molecule has 0 radical (unpaired) electrons. The van der Waals surface area contributed by atoms with Gasteiger partial charge in [0.25, 0.3) is 0 Å². The molecule has 0 N–H and O–H groups in total. The minimum absolute atomic E-state index is 0.130. The highest BCUT2D eigenvalue weighted by atomic mass is 35.5. The van der Waals surface area contributed by atoms with Crippen molar-refractivity contribution in [3.05, 3.63) is 29.0 Å². The van der Waals surface area contributed by atoms with Crippen molar-refractivity contribution in [1.29, 1.82) is 0 Å². The summed E-state index contributed by atoms with van der Waals surface area (Å²) in [6, 6.07) is 2.36. The maximum atomic E-state index is 13.2. The summed E-state index contributed by atoms with van der Waals surface area (Å²) < 4.78 is 44.7. The Morgan fingerprint density at radius 1 is 1.45 bits per heavy atom. The zero-order valence-electron chi connectivity index (χ0n) is 12.1. The molecule has 1 aliphatic heterocycles. The molecule has 1 fully saturated rings. The van der Waals surface area contributed by atoms with Crippen molar-refractivity contribution in [2.45, 2.75) is 37.1 Å². The highest BCUT2D eigenvalue weighted by Gasteiger charge is 2.38. The molecule has 1 aromatic rings. The van der Waals surface area contributed by atoms with E-state index >= 15 is 0 Å². The summed E-state index contributed by atoms with van der Waals surface area (Å²) >= 11 is 5.66. The fourth-order valence-electron chi connectivity index (χ4n) is 2.44. The molecule has 5 nitrogen and oxygen atoms in total. The Morgan fingerprint density at radius 3 is 2.82 bits per heavy atom. The first-order valence-corrected chi connectivity index (χ1v) is 8.83. The number of hydrogen-bond donors (Lipinski definition) is 0. The summed E-state index contributed by atoms with van der Waals surface area (Å²) in [4.78, 5) is 11.9. The van der Waals surface area contributed by atoms with E-state index < -0.39 is 27.9 Å². The minimum Gasteiger partial charge on any atom is -0.465 e. The van der Waals surface area contributed by atoms with Crippen molar-refractivity contribution >= 4 is 27.6 Å². The van der Waals surface area contributed by atoms with E-state index in [1.165, 1.54) is 0 Å². The Balaban J connectivity index is 2.36.